The highest BCUT2D eigenvalue weighted by Crippen LogP contribution is 2.42. The third-order valence-corrected chi connectivity index (χ3v) is 9.25. The Morgan fingerprint density at radius 1 is 1.05 bits per heavy atom. The van der Waals surface area contributed by atoms with Gasteiger partial charge in [0.05, 0.1) is 19.8 Å². The van der Waals surface area contributed by atoms with Gasteiger partial charge in [-0.25, -0.2) is 0 Å². The molecule has 1 aromatic heterocycles. The van der Waals surface area contributed by atoms with Crippen molar-refractivity contribution in [2.45, 2.75) is 86.7 Å². The Hall–Kier alpha value is -2.47. The molecule has 0 unspecified atom stereocenters. The molecule has 1 amide bonds. The van der Waals surface area contributed by atoms with E-state index >= 15 is 0 Å². The van der Waals surface area contributed by atoms with E-state index in [0.717, 1.165) is 17.5 Å². The molecule has 2 aromatic rings. The lowest BCUT2D eigenvalue weighted by Crippen LogP contribution is -2.67. The molecule has 12 atom stereocenters. The molecule has 0 saturated carbocycles. The number of hydrogen-bond donors (Lipinski definition) is 8. The van der Waals surface area contributed by atoms with Crippen molar-refractivity contribution in [2.75, 3.05) is 33.4 Å². The molecule has 4 aliphatic rings. The number of aromatic amines is 1. The number of benzene rings is 1. The van der Waals surface area contributed by atoms with Gasteiger partial charge < -0.3 is 59.9 Å². The van der Waals surface area contributed by atoms with E-state index < -0.39 is 80.5 Å². The maximum absolute atomic E-state index is 12.1. The number of amides is 1. The first kappa shape index (κ1) is 31.5. The van der Waals surface area contributed by atoms with Crippen molar-refractivity contribution in [1.29, 1.82) is 0 Å². The van der Waals surface area contributed by atoms with Crippen LogP contribution in [0.2, 0.25) is 0 Å². The number of likely N-dealkylation sites (N-methyl/N-ethyl adjacent to an activating group) is 1. The molecule has 6 rings (SSSR count). The number of fused-ring (bicyclic) bond motifs is 2. The molecule has 0 bridgehead atoms. The van der Waals surface area contributed by atoms with Gasteiger partial charge in [0.1, 0.15) is 48.8 Å². The Kier molecular flexibility index (Phi) is 9.12. The molecule has 44 heavy (non-hydrogen) atoms. The fraction of sp³-hybridized carbons (Fsp3) is 0.633. The molecule has 1 aliphatic carbocycles. The predicted molar refractivity (Wildman–Crippen MR) is 153 cm³/mol. The lowest BCUT2D eigenvalue weighted by Gasteiger charge is -2.47. The van der Waals surface area contributed by atoms with Crippen molar-refractivity contribution < 1.29 is 54.4 Å². The summed E-state index contributed by atoms with van der Waals surface area (Å²) in [6.07, 6.45) is -7.85. The van der Waals surface area contributed by atoms with Crippen LogP contribution in [0.1, 0.15) is 24.0 Å². The van der Waals surface area contributed by atoms with Crippen LogP contribution in [0.5, 0.6) is 0 Å². The molecule has 1 aromatic carbocycles. The molecule has 8 N–H and O–H groups in total. The van der Waals surface area contributed by atoms with Gasteiger partial charge in [0, 0.05) is 42.5 Å². The minimum Gasteiger partial charge on any atom is -0.394 e. The Morgan fingerprint density at radius 2 is 1.80 bits per heavy atom. The predicted octanol–water partition coefficient (Wildman–Crippen LogP) is -2.17. The number of nitrogens with zero attached hydrogens (tertiary/aromatic N) is 1. The summed E-state index contributed by atoms with van der Waals surface area (Å²) in [4.78, 5) is 17.8. The maximum Gasteiger partial charge on any atom is 0.217 e. The van der Waals surface area contributed by atoms with Crippen LogP contribution in [0.25, 0.3) is 10.9 Å². The summed E-state index contributed by atoms with van der Waals surface area (Å²) < 4.78 is 23.4. The van der Waals surface area contributed by atoms with E-state index in [0.29, 0.717) is 6.54 Å². The van der Waals surface area contributed by atoms with E-state index in [9.17, 15) is 35.4 Å². The number of nitrogens with one attached hydrogen (secondary N) is 2. The first-order valence-electron chi connectivity index (χ1n) is 14.9. The summed E-state index contributed by atoms with van der Waals surface area (Å²) in [6, 6.07) is 5.42. The second kappa shape index (κ2) is 12.7. The summed E-state index contributed by atoms with van der Waals surface area (Å²) in [5.41, 5.74) is 4.64. The highest BCUT2D eigenvalue weighted by atomic mass is 16.7. The molecule has 4 heterocycles. The first-order valence-corrected chi connectivity index (χ1v) is 14.9. The maximum atomic E-state index is 12.1. The number of H-pyrrole nitrogens is 1. The van der Waals surface area contributed by atoms with Gasteiger partial charge in [-0.3, -0.25) is 9.69 Å². The quantitative estimate of drug-likeness (QED) is 0.149. The monoisotopic (exact) mass is 619 g/mol. The summed E-state index contributed by atoms with van der Waals surface area (Å²) in [5, 5.41) is 65.6. The number of rotatable bonds is 8. The smallest absolute Gasteiger partial charge is 0.217 e. The fourth-order valence-electron chi connectivity index (χ4n) is 7.04. The van der Waals surface area contributed by atoms with Crippen LogP contribution < -0.4 is 5.32 Å². The van der Waals surface area contributed by atoms with Crippen LogP contribution in [0.4, 0.5) is 0 Å². The van der Waals surface area contributed by atoms with E-state index in [1.54, 1.807) is 0 Å². The minimum absolute atomic E-state index is 0.132. The van der Waals surface area contributed by atoms with E-state index in [2.05, 4.69) is 46.7 Å². The van der Waals surface area contributed by atoms with Gasteiger partial charge in [-0.2, -0.15) is 0 Å². The third-order valence-electron chi connectivity index (χ3n) is 9.25. The van der Waals surface area contributed by atoms with Crippen LogP contribution in [0.3, 0.4) is 0 Å². The summed E-state index contributed by atoms with van der Waals surface area (Å²) in [7, 11) is 2.08. The molecular weight excluding hydrogens is 578 g/mol. The van der Waals surface area contributed by atoms with Gasteiger partial charge in [0.25, 0.3) is 0 Å². The SMILES string of the molecule is CC(=O)N[C@H]1[C@H](OCC2=C[C@@H]3c4cccc5[nH]cc(c45)C[C@H]3N(C)C2)O[C@H](CO)[C@@H](O[C@@H]2O[C@H](CO)[C@@H](O)[C@H](O)[C@H]2O)[C@@H]1O. The normalized spacial score (nSPS) is 39.1. The van der Waals surface area contributed by atoms with Gasteiger partial charge >= 0.3 is 0 Å². The van der Waals surface area contributed by atoms with Gasteiger partial charge in [-0.1, -0.05) is 18.2 Å². The van der Waals surface area contributed by atoms with E-state index in [1.807, 2.05) is 6.07 Å². The molecule has 242 valence electrons. The van der Waals surface area contributed by atoms with Crippen molar-refractivity contribution in [3.8, 4) is 0 Å². The van der Waals surface area contributed by atoms with Crippen molar-refractivity contribution in [1.82, 2.24) is 15.2 Å². The topological polar surface area (TPSA) is 206 Å². The van der Waals surface area contributed by atoms with Crippen LogP contribution in [0, 0.1) is 0 Å². The average Bonchev–Trinajstić information content (AvgIpc) is 3.43. The highest BCUT2D eigenvalue weighted by Gasteiger charge is 2.51. The minimum atomic E-state index is -1.74. The number of hydrogen-bond acceptors (Lipinski definition) is 12. The van der Waals surface area contributed by atoms with Gasteiger partial charge in [0.2, 0.25) is 5.91 Å². The van der Waals surface area contributed by atoms with Crippen molar-refractivity contribution in [2.24, 2.45) is 0 Å². The zero-order chi connectivity index (χ0) is 31.3. The molecule has 2 fully saturated rings. The number of carbonyl (C=O) groups excluding carboxylic acids is 1. The number of aliphatic hydroxyl groups is 6. The van der Waals surface area contributed by atoms with Crippen LogP contribution in [-0.4, -0.2) is 147 Å². The Labute approximate surface area is 253 Å². The molecule has 0 spiro atoms. The molecule has 14 nitrogen and oxygen atoms in total. The molecule has 14 heteroatoms. The molecule has 3 aliphatic heterocycles. The molecule has 2 saturated heterocycles. The fourth-order valence-corrected chi connectivity index (χ4v) is 7.04. The summed E-state index contributed by atoms with van der Waals surface area (Å²) >= 11 is 0. The van der Waals surface area contributed by atoms with Crippen molar-refractivity contribution >= 4 is 16.8 Å². The summed E-state index contributed by atoms with van der Waals surface area (Å²) in [6.45, 7) is 0.754. The number of aliphatic hydroxyl groups excluding tert-OH is 6. The Balaban J connectivity index is 1.19. The van der Waals surface area contributed by atoms with Crippen LogP contribution >= 0.6 is 0 Å². The van der Waals surface area contributed by atoms with E-state index in [1.165, 1.54) is 23.4 Å². The summed E-state index contributed by atoms with van der Waals surface area (Å²) in [5.74, 6) is -0.331. The second-order valence-corrected chi connectivity index (χ2v) is 12.2. The van der Waals surface area contributed by atoms with E-state index in [4.69, 9.17) is 18.9 Å². The highest BCUT2D eigenvalue weighted by molar-refractivity contribution is 5.88. The standard InChI is InChI=1S/C30H41N3O11/c1-13(36)32-23-25(38)28(44-30-27(40)26(39)24(37)20(10-34)42-30)21(11-35)43-29(23)41-12-14-6-17-16-4-3-5-18-22(16)15(8-31-18)7-19(17)33(2)9-14/h3-6,8,17,19-21,23-31,34-35,37-40H,7,9-12H2,1-2H3,(H,32,36)/t17-,19-,20-,21-,23-,24-,25-,26+,27-,28-,29-,30+/m1/s1. The largest absolute Gasteiger partial charge is 0.394 e. The second-order valence-electron chi connectivity index (χ2n) is 12.2. The van der Waals surface area contributed by atoms with Crippen molar-refractivity contribution in [3.05, 3.63) is 47.2 Å². The lowest BCUT2D eigenvalue weighted by molar-refractivity contribution is -0.347. The zero-order valence-corrected chi connectivity index (χ0v) is 24.5. The van der Waals surface area contributed by atoms with Gasteiger partial charge in [0.15, 0.2) is 12.6 Å². The number of carbonyl (C=O) groups is 1. The third kappa shape index (κ3) is 5.69. The van der Waals surface area contributed by atoms with Crippen molar-refractivity contribution in [3.63, 3.8) is 0 Å². The van der Waals surface area contributed by atoms with E-state index in [-0.39, 0.29) is 18.6 Å². The first-order chi connectivity index (χ1) is 21.1. The molecular formula is C30H41N3O11. The zero-order valence-electron chi connectivity index (χ0n) is 24.5. The number of ether oxygens (including phenoxy) is 4. The average molecular weight is 620 g/mol. The number of aromatic nitrogens is 1. The van der Waals surface area contributed by atoms with Gasteiger partial charge in [-0.15, -0.1) is 0 Å². The Morgan fingerprint density at radius 3 is 2.52 bits per heavy atom. The van der Waals surface area contributed by atoms with Gasteiger partial charge in [-0.05, 0) is 36.2 Å². The molecule has 0 radical (unpaired) electrons. The lowest BCUT2D eigenvalue weighted by atomic mass is 9.77. The van der Waals surface area contributed by atoms with Crippen LogP contribution in [0.15, 0.2) is 36.0 Å². The Bertz CT molecular complexity index is 1370. The van der Waals surface area contributed by atoms with Crippen LogP contribution in [-0.2, 0) is 30.2 Å².